The first-order valence-electron chi connectivity index (χ1n) is 10.4. The molecule has 176 valence electrons. The van der Waals surface area contributed by atoms with E-state index >= 15 is 0 Å². The summed E-state index contributed by atoms with van der Waals surface area (Å²) >= 11 is 1.66. The molecule has 3 heterocycles. The molecular formula is C22H27F3N2O4S. The first-order valence-corrected chi connectivity index (χ1v) is 11.2. The summed E-state index contributed by atoms with van der Waals surface area (Å²) in [7, 11) is 4.02. The number of rotatable bonds is 3. The number of nitrogens with zero attached hydrogens (tertiary/aromatic N) is 2. The zero-order chi connectivity index (χ0) is 23.5. The van der Waals surface area contributed by atoms with Gasteiger partial charge in [0.1, 0.15) is 0 Å². The Bertz CT molecular complexity index is 954. The number of piperidine rings is 1. The Morgan fingerprint density at radius 3 is 2.44 bits per heavy atom. The number of benzene rings is 1. The fraction of sp³-hybridized carbons (Fsp3) is 0.545. The Kier molecular flexibility index (Phi) is 7.46. The zero-order valence-electron chi connectivity index (χ0n) is 18.0. The fourth-order valence-electron chi connectivity index (χ4n) is 4.62. The number of carbonyl (C=O) groups is 2. The van der Waals surface area contributed by atoms with Gasteiger partial charge in [-0.3, -0.25) is 9.69 Å². The molecule has 1 amide bonds. The first-order chi connectivity index (χ1) is 15.1. The SMILES string of the molecule is COCC1CCC2(CCN(C(=O)c3csc4ccccc34)CC2)N1C.O=C(O)C(F)(F)F. The molecule has 1 aromatic carbocycles. The minimum Gasteiger partial charge on any atom is -0.475 e. The van der Waals surface area contributed by atoms with Crippen molar-refractivity contribution in [1.82, 2.24) is 9.80 Å². The number of amides is 1. The molecule has 6 nitrogen and oxygen atoms in total. The van der Waals surface area contributed by atoms with Gasteiger partial charge in [0.15, 0.2) is 0 Å². The van der Waals surface area contributed by atoms with Crippen molar-refractivity contribution in [1.29, 1.82) is 0 Å². The summed E-state index contributed by atoms with van der Waals surface area (Å²) in [5.41, 5.74) is 1.13. The number of carbonyl (C=O) groups excluding carboxylic acids is 1. The molecule has 0 bridgehead atoms. The molecule has 1 unspecified atom stereocenters. The van der Waals surface area contributed by atoms with Crippen molar-refractivity contribution in [2.45, 2.75) is 43.4 Å². The number of methoxy groups -OCH3 is 1. The van der Waals surface area contributed by atoms with Crippen LogP contribution in [0, 0.1) is 0 Å². The lowest BCUT2D eigenvalue weighted by atomic mass is 9.85. The van der Waals surface area contributed by atoms with Gasteiger partial charge in [-0.15, -0.1) is 11.3 Å². The summed E-state index contributed by atoms with van der Waals surface area (Å²) < 4.78 is 38.3. The molecule has 0 saturated carbocycles. The zero-order valence-corrected chi connectivity index (χ0v) is 18.8. The summed E-state index contributed by atoms with van der Waals surface area (Å²) in [5.74, 6) is -2.56. The second kappa shape index (κ2) is 9.76. The minimum atomic E-state index is -5.08. The average Bonchev–Trinajstić information content (AvgIpc) is 3.31. The summed E-state index contributed by atoms with van der Waals surface area (Å²) in [4.78, 5) is 26.5. The lowest BCUT2D eigenvalue weighted by Crippen LogP contribution is -2.54. The maximum absolute atomic E-state index is 13.0. The molecule has 2 fully saturated rings. The molecule has 1 N–H and O–H groups in total. The van der Waals surface area contributed by atoms with Gasteiger partial charge < -0.3 is 14.7 Å². The van der Waals surface area contributed by atoms with E-state index in [1.165, 1.54) is 17.5 Å². The van der Waals surface area contributed by atoms with Crippen LogP contribution in [0.3, 0.4) is 0 Å². The largest absolute Gasteiger partial charge is 0.490 e. The first kappa shape index (κ1) is 24.5. The summed E-state index contributed by atoms with van der Waals surface area (Å²) in [6, 6.07) is 8.72. The van der Waals surface area contributed by atoms with Crippen LogP contribution in [0.15, 0.2) is 29.6 Å². The number of carboxylic acids is 1. The van der Waals surface area contributed by atoms with Crippen LogP contribution in [0.1, 0.15) is 36.0 Å². The Morgan fingerprint density at radius 1 is 1.22 bits per heavy atom. The van der Waals surface area contributed by atoms with Crippen LogP contribution in [-0.2, 0) is 9.53 Å². The van der Waals surface area contributed by atoms with E-state index in [1.807, 2.05) is 17.5 Å². The van der Waals surface area contributed by atoms with E-state index in [4.69, 9.17) is 14.6 Å². The Labute approximate surface area is 188 Å². The number of fused-ring (bicyclic) bond motifs is 1. The van der Waals surface area contributed by atoms with Crippen molar-refractivity contribution < 1.29 is 32.6 Å². The normalized spacial score (nSPS) is 20.9. The molecule has 0 radical (unpaired) electrons. The van der Waals surface area contributed by atoms with Crippen LogP contribution in [0.25, 0.3) is 10.1 Å². The lowest BCUT2D eigenvalue weighted by molar-refractivity contribution is -0.192. The number of aliphatic carboxylic acids is 1. The Balaban J connectivity index is 0.000000360. The highest BCUT2D eigenvalue weighted by Gasteiger charge is 2.46. The van der Waals surface area contributed by atoms with Crippen LogP contribution in [0.4, 0.5) is 13.2 Å². The second-order valence-corrected chi connectivity index (χ2v) is 9.13. The number of halogens is 3. The Hall–Kier alpha value is -2.17. The number of ether oxygens (including phenoxy) is 1. The van der Waals surface area contributed by atoms with Gasteiger partial charge in [0, 0.05) is 47.2 Å². The molecule has 1 atom stereocenters. The minimum absolute atomic E-state index is 0.196. The molecule has 2 aliphatic heterocycles. The van der Waals surface area contributed by atoms with Gasteiger partial charge in [-0.25, -0.2) is 4.79 Å². The predicted octanol–water partition coefficient (Wildman–Crippen LogP) is 4.25. The van der Waals surface area contributed by atoms with Crippen molar-refractivity contribution in [2.75, 3.05) is 33.9 Å². The maximum Gasteiger partial charge on any atom is 0.490 e. The van der Waals surface area contributed by atoms with E-state index in [2.05, 4.69) is 29.0 Å². The monoisotopic (exact) mass is 472 g/mol. The number of alkyl halides is 3. The van der Waals surface area contributed by atoms with Crippen molar-refractivity contribution in [3.05, 3.63) is 35.2 Å². The van der Waals surface area contributed by atoms with E-state index < -0.39 is 12.1 Å². The van der Waals surface area contributed by atoms with Gasteiger partial charge in [0.25, 0.3) is 5.91 Å². The topological polar surface area (TPSA) is 70.1 Å². The third kappa shape index (κ3) is 5.07. The van der Waals surface area contributed by atoms with Crippen molar-refractivity contribution in [3.8, 4) is 0 Å². The molecule has 2 aromatic rings. The quantitative estimate of drug-likeness (QED) is 0.723. The van der Waals surface area contributed by atoms with E-state index in [0.717, 1.165) is 43.5 Å². The second-order valence-electron chi connectivity index (χ2n) is 8.22. The molecular weight excluding hydrogens is 445 g/mol. The van der Waals surface area contributed by atoms with E-state index in [-0.39, 0.29) is 11.4 Å². The third-order valence-electron chi connectivity index (χ3n) is 6.53. The van der Waals surface area contributed by atoms with E-state index in [1.54, 1.807) is 18.4 Å². The van der Waals surface area contributed by atoms with Crippen molar-refractivity contribution in [2.24, 2.45) is 0 Å². The van der Waals surface area contributed by atoms with Gasteiger partial charge >= 0.3 is 12.1 Å². The average molecular weight is 473 g/mol. The predicted molar refractivity (Wildman–Crippen MR) is 116 cm³/mol. The van der Waals surface area contributed by atoms with E-state index in [9.17, 15) is 18.0 Å². The highest BCUT2D eigenvalue weighted by molar-refractivity contribution is 7.17. The van der Waals surface area contributed by atoms with Gasteiger partial charge in [-0.1, -0.05) is 18.2 Å². The summed E-state index contributed by atoms with van der Waals surface area (Å²) in [6.07, 6.45) is -0.524. The van der Waals surface area contributed by atoms with E-state index in [0.29, 0.717) is 6.04 Å². The number of likely N-dealkylation sites (N-methyl/N-ethyl adjacent to an activating group) is 1. The van der Waals surface area contributed by atoms with Crippen LogP contribution < -0.4 is 0 Å². The molecule has 1 spiro atoms. The number of likely N-dealkylation sites (tertiary alicyclic amines) is 2. The highest BCUT2D eigenvalue weighted by atomic mass is 32.1. The van der Waals surface area contributed by atoms with Gasteiger partial charge in [-0.05, 0) is 38.8 Å². The third-order valence-corrected chi connectivity index (χ3v) is 7.50. The van der Waals surface area contributed by atoms with Crippen molar-refractivity contribution >= 4 is 33.3 Å². The van der Waals surface area contributed by atoms with Gasteiger partial charge in [0.05, 0.1) is 12.2 Å². The molecule has 10 heteroatoms. The molecule has 2 aliphatic rings. The molecule has 2 saturated heterocycles. The van der Waals surface area contributed by atoms with Gasteiger partial charge in [-0.2, -0.15) is 13.2 Å². The number of hydrogen-bond acceptors (Lipinski definition) is 5. The highest BCUT2D eigenvalue weighted by Crippen LogP contribution is 2.41. The Morgan fingerprint density at radius 2 is 1.84 bits per heavy atom. The van der Waals surface area contributed by atoms with Crippen LogP contribution in [-0.4, -0.2) is 78.4 Å². The lowest BCUT2D eigenvalue weighted by Gasteiger charge is -2.45. The number of hydrogen-bond donors (Lipinski definition) is 1. The van der Waals surface area contributed by atoms with Crippen molar-refractivity contribution in [3.63, 3.8) is 0 Å². The summed E-state index contributed by atoms with van der Waals surface area (Å²) in [6.45, 7) is 2.52. The standard InChI is InChI=1S/C20H26N2O2S.C2HF3O2/c1-21-15(13-24-2)7-8-20(21)9-11-22(12-10-20)19(23)17-14-25-18-6-4-3-5-16(17)18;3-2(4,5)1(6)7/h3-6,14-15H,7-13H2,1-2H3;(H,6,7). The van der Waals surface area contributed by atoms with Crippen LogP contribution in [0.5, 0.6) is 0 Å². The maximum atomic E-state index is 13.0. The van der Waals surface area contributed by atoms with Crippen LogP contribution >= 0.6 is 11.3 Å². The summed E-state index contributed by atoms with van der Waals surface area (Å²) in [5, 5.41) is 10.2. The molecule has 32 heavy (non-hydrogen) atoms. The number of thiophene rings is 1. The van der Waals surface area contributed by atoms with Crippen LogP contribution in [0.2, 0.25) is 0 Å². The molecule has 1 aromatic heterocycles. The van der Waals surface area contributed by atoms with Gasteiger partial charge in [0.2, 0.25) is 0 Å². The smallest absolute Gasteiger partial charge is 0.475 e. The molecule has 4 rings (SSSR count). The fourth-order valence-corrected chi connectivity index (χ4v) is 5.56. The molecule has 0 aliphatic carbocycles. The number of carboxylic acid groups (broad SMARTS) is 1.